The number of H-pyrrole nitrogens is 1. The molecule has 2 aromatic heterocycles. The molecule has 116 valence electrons. The summed E-state index contributed by atoms with van der Waals surface area (Å²) in [5.41, 5.74) is 2.52. The summed E-state index contributed by atoms with van der Waals surface area (Å²) in [6, 6.07) is 11.3. The minimum Gasteiger partial charge on any atom is -0.352 e. The van der Waals surface area contributed by atoms with Crippen molar-refractivity contribution in [2.45, 2.75) is 13.0 Å². The molecule has 2 N–H and O–H groups in total. The van der Waals surface area contributed by atoms with E-state index in [4.69, 9.17) is 12.2 Å². The molecule has 0 aliphatic heterocycles. The second-order valence-corrected chi connectivity index (χ2v) is 5.58. The normalized spacial score (nSPS) is 11.9. The van der Waals surface area contributed by atoms with E-state index in [1.165, 1.54) is 0 Å². The molecule has 23 heavy (non-hydrogen) atoms. The van der Waals surface area contributed by atoms with Crippen LogP contribution in [0.5, 0.6) is 0 Å². The lowest BCUT2D eigenvalue weighted by Crippen LogP contribution is -2.27. The Labute approximate surface area is 139 Å². The highest BCUT2D eigenvalue weighted by Crippen LogP contribution is 2.16. The first kappa shape index (κ1) is 15.2. The zero-order chi connectivity index (χ0) is 16.2. The molecule has 2 heterocycles. The van der Waals surface area contributed by atoms with E-state index in [2.05, 4.69) is 15.3 Å². The number of amides is 1. The van der Waals surface area contributed by atoms with E-state index in [1.807, 2.05) is 42.0 Å². The first-order valence-corrected chi connectivity index (χ1v) is 7.63. The van der Waals surface area contributed by atoms with Crippen molar-refractivity contribution in [3.05, 3.63) is 77.1 Å². The van der Waals surface area contributed by atoms with Gasteiger partial charge in [0, 0.05) is 24.3 Å². The third-order valence-electron chi connectivity index (χ3n) is 3.61. The van der Waals surface area contributed by atoms with Crippen molar-refractivity contribution >= 4 is 18.1 Å². The van der Waals surface area contributed by atoms with Gasteiger partial charge in [-0.3, -0.25) is 4.79 Å². The molecule has 0 aliphatic carbocycles. The fourth-order valence-corrected chi connectivity index (χ4v) is 2.53. The fraction of sp³-hybridized carbons (Fsp3) is 0.118. The van der Waals surface area contributed by atoms with E-state index >= 15 is 0 Å². The molecular formula is C17H16N4OS. The van der Waals surface area contributed by atoms with Crippen molar-refractivity contribution in [1.82, 2.24) is 19.9 Å². The first-order valence-electron chi connectivity index (χ1n) is 7.22. The van der Waals surface area contributed by atoms with Crippen molar-refractivity contribution < 1.29 is 4.79 Å². The van der Waals surface area contributed by atoms with Crippen molar-refractivity contribution in [2.24, 2.45) is 0 Å². The van der Waals surface area contributed by atoms with Gasteiger partial charge in [-0.25, -0.2) is 4.98 Å². The Morgan fingerprint density at radius 2 is 2.09 bits per heavy atom. The van der Waals surface area contributed by atoms with Crippen molar-refractivity contribution in [3.63, 3.8) is 0 Å². The summed E-state index contributed by atoms with van der Waals surface area (Å²) in [7, 11) is 0. The molecule has 0 radical (unpaired) electrons. The van der Waals surface area contributed by atoms with Gasteiger partial charge >= 0.3 is 0 Å². The number of hydrogen-bond donors (Lipinski definition) is 2. The maximum atomic E-state index is 12.3. The quantitative estimate of drug-likeness (QED) is 0.723. The van der Waals surface area contributed by atoms with Crippen molar-refractivity contribution in [2.75, 3.05) is 0 Å². The van der Waals surface area contributed by atoms with Gasteiger partial charge in [0.25, 0.3) is 5.91 Å². The predicted molar refractivity (Wildman–Crippen MR) is 91.1 cm³/mol. The maximum absolute atomic E-state index is 12.3. The van der Waals surface area contributed by atoms with Crippen LogP contribution in [0.15, 0.2) is 61.3 Å². The van der Waals surface area contributed by atoms with Crippen LogP contribution >= 0.6 is 12.2 Å². The lowest BCUT2D eigenvalue weighted by Gasteiger charge is -2.15. The van der Waals surface area contributed by atoms with Gasteiger partial charge in [-0.05, 0) is 36.8 Å². The number of carbonyl (C=O) groups is 1. The molecule has 0 saturated carbocycles. The molecule has 1 amide bonds. The molecule has 1 atom stereocenters. The molecule has 1 aromatic carbocycles. The average molecular weight is 324 g/mol. The van der Waals surface area contributed by atoms with E-state index in [1.54, 1.807) is 30.9 Å². The number of imidazole rings is 1. The SMILES string of the molecule is C[C@H](NC(=O)c1ccc[nH]c1=S)c1ccc(-n2ccnc2)cc1. The molecule has 0 fully saturated rings. The summed E-state index contributed by atoms with van der Waals surface area (Å²) >= 11 is 5.14. The number of benzene rings is 1. The van der Waals surface area contributed by atoms with Crippen LogP contribution in [-0.4, -0.2) is 20.4 Å². The number of rotatable bonds is 4. The van der Waals surface area contributed by atoms with Gasteiger partial charge in [-0.15, -0.1) is 0 Å². The van der Waals surface area contributed by atoms with Gasteiger partial charge in [0.1, 0.15) is 4.64 Å². The Morgan fingerprint density at radius 3 is 2.74 bits per heavy atom. The van der Waals surface area contributed by atoms with Gasteiger partial charge in [0.15, 0.2) is 0 Å². The zero-order valence-corrected chi connectivity index (χ0v) is 13.4. The van der Waals surface area contributed by atoms with Crippen molar-refractivity contribution in [3.8, 4) is 5.69 Å². The molecule has 3 rings (SSSR count). The highest BCUT2D eigenvalue weighted by Gasteiger charge is 2.12. The number of nitrogens with one attached hydrogen (secondary N) is 2. The standard InChI is InChI=1S/C17H16N4OS/c1-12(20-16(22)15-3-2-8-19-17(15)23)13-4-6-14(7-5-13)21-10-9-18-11-21/h2-12H,1H3,(H,19,23)(H,20,22)/t12-/m0/s1. The lowest BCUT2D eigenvalue weighted by molar-refractivity contribution is 0.0939. The van der Waals surface area contributed by atoms with Gasteiger partial charge < -0.3 is 14.9 Å². The highest BCUT2D eigenvalue weighted by atomic mass is 32.1. The van der Waals surface area contributed by atoms with Crippen LogP contribution in [0.4, 0.5) is 0 Å². The number of aromatic nitrogens is 3. The third kappa shape index (κ3) is 3.37. The molecule has 0 saturated heterocycles. The summed E-state index contributed by atoms with van der Waals surface area (Å²) in [5.74, 6) is -0.182. The van der Waals surface area contributed by atoms with Gasteiger partial charge in [-0.2, -0.15) is 0 Å². The van der Waals surface area contributed by atoms with E-state index < -0.39 is 0 Å². The van der Waals surface area contributed by atoms with Crippen LogP contribution in [0.2, 0.25) is 0 Å². The van der Waals surface area contributed by atoms with Crippen LogP contribution in [-0.2, 0) is 0 Å². The third-order valence-corrected chi connectivity index (χ3v) is 3.94. The van der Waals surface area contributed by atoms with Gasteiger partial charge in [-0.1, -0.05) is 24.4 Å². The van der Waals surface area contributed by atoms with Crippen LogP contribution in [0, 0.1) is 4.64 Å². The second-order valence-electron chi connectivity index (χ2n) is 5.17. The number of nitrogens with zero attached hydrogens (tertiary/aromatic N) is 2. The monoisotopic (exact) mass is 324 g/mol. The van der Waals surface area contributed by atoms with Crippen LogP contribution in [0.1, 0.15) is 28.9 Å². The Balaban J connectivity index is 1.73. The number of aromatic amines is 1. The summed E-state index contributed by atoms with van der Waals surface area (Å²) < 4.78 is 2.36. The molecule has 3 aromatic rings. The fourth-order valence-electron chi connectivity index (χ4n) is 2.31. The van der Waals surface area contributed by atoms with Crippen molar-refractivity contribution in [1.29, 1.82) is 0 Å². The molecule has 0 bridgehead atoms. The second kappa shape index (κ2) is 6.58. The Hall–Kier alpha value is -2.73. The predicted octanol–water partition coefficient (Wildman–Crippen LogP) is 3.42. The Kier molecular flexibility index (Phi) is 4.34. The molecule has 0 unspecified atom stereocenters. The minimum atomic E-state index is -0.182. The first-order chi connectivity index (χ1) is 11.1. The lowest BCUT2D eigenvalue weighted by atomic mass is 10.1. The summed E-state index contributed by atoms with van der Waals surface area (Å²) in [6.07, 6.45) is 7.08. The molecule has 0 spiro atoms. The number of carbonyl (C=O) groups excluding carboxylic acids is 1. The van der Waals surface area contributed by atoms with Gasteiger partial charge in [0.2, 0.25) is 0 Å². The van der Waals surface area contributed by atoms with E-state index in [-0.39, 0.29) is 11.9 Å². The molecule has 6 heteroatoms. The molecular weight excluding hydrogens is 308 g/mol. The van der Waals surface area contributed by atoms with Crippen LogP contribution in [0.25, 0.3) is 5.69 Å². The minimum absolute atomic E-state index is 0.117. The van der Waals surface area contributed by atoms with E-state index in [0.717, 1.165) is 11.3 Å². The Bertz CT molecular complexity index is 853. The average Bonchev–Trinajstić information content (AvgIpc) is 3.09. The largest absolute Gasteiger partial charge is 0.352 e. The molecule has 5 nitrogen and oxygen atoms in total. The highest BCUT2D eigenvalue weighted by molar-refractivity contribution is 7.71. The van der Waals surface area contributed by atoms with E-state index in [9.17, 15) is 4.79 Å². The summed E-state index contributed by atoms with van der Waals surface area (Å²) in [5, 5.41) is 2.96. The Morgan fingerprint density at radius 1 is 1.30 bits per heavy atom. The topological polar surface area (TPSA) is 62.7 Å². The van der Waals surface area contributed by atoms with Crippen LogP contribution < -0.4 is 5.32 Å². The summed E-state index contributed by atoms with van der Waals surface area (Å²) in [4.78, 5) is 19.2. The van der Waals surface area contributed by atoms with Gasteiger partial charge in [0.05, 0.1) is 17.9 Å². The van der Waals surface area contributed by atoms with Crippen LogP contribution in [0.3, 0.4) is 0 Å². The maximum Gasteiger partial charge on any atom is 0.254 e. The smallest absolute Gasteiger partial charge is 0.254 e. The summed E-state index contributed by atoms with van der Waals surface area (Å²) in [6.45, 7) is 1.94. The number of pyridine rings is 1. The zero-order valence-electron chi connectivity index (χ0n) is 12.6. The van der Waals surface area contributed by atoms with E-state index in [0.29, 0.717) is 10.2 Å². The number of hydrogen-bond acceptors (Lipinski definition) is 3. The molecule has 0 aliphatic rings.